The number of halogens is 3. The Hall–Kier alpha value is -3.06. The summed E-state index contributed by atoms with van der Waals surface area (Å²) in [4.78, 5) is 20.1. The van der Waals surface area contributed by atoms with Gasteiger partial charge in [-0.1, -0.05) is 11.6 Å². The van der Waals surface area contributed by atoms with Crippen molar-refractivity contribution in [3.63, 3.8) is 0 Å². The van der Waals surface area contributed by atoms with Crippen LogP contribution < -0.4 is 10.6 Å². The summed E-state index contributed by atoms with van der Waals surface area (Å²) in [7, 11) is 0. The van der Waals surface area contributed by atoms with Crippen LogP contribution in [0.1, 0.15) is 10.5 Å². The van der Waals surface area contributed by atoms with Crippen LogP contribution in [-0.4, -0.2) is 15.9 Å². The second-order valence-electron chi connectivity index (χ2n) is 5.00. The number of nitrogens with zero attached hydrogens (tertiary/aromatic N) is 2. The molecule has 2 aromatic carbocycles. The predicted octanol–water partition coefficient (Wildman–Crippen LogP) is 4.40. The minimum atomic E-state index is -0.873. The highest BCUT2D eigenvalue weighted by molar-refractivity contribution is 6.30. The monoisotopic (exact) mass is 360 g/mol. The van der Waals surface area contributed by atoms with E-state index in [1.165, 1.54) is 12.4 Å². The Kier molecular flexibility index (Phi) is 4.85. The van der Waals surface area contributed by atoms with E-state index in [4.69, 9.17) is 11.6 Å². The highest BCUT2D eigenvalue weighted by Crippen LogP contribution is 2.18. The number of aromatic nitrogens is 2. The van der Waals surface area contributed by atoms with E-state index >= 15 is 0 Å². The number of amides is 1. The molecule has 2 N–H and O–H groups in total. The molecule has 0 aliphatic rings. The first kappa shape index (κ1) is 16.8. The Bertz CT molecular complexity index is 902. The lowest BCUT2D eigenvalue weighted by atomic mass is 10.3. The van der Waals surface area contributed by atoms with Crippen molar-refractivity contribution < 1.29 is 13.6 Å². The molecule has 25 heavy (non-hydrogen) atoms. The van der Waals surface area contributed by atoms with Crippen molar-refractivity contribution in [3.8, 4) is 0 Å². The van der Waals surface area contributed by atoms with Gasteiger partial charge in [0.05, 0.1) is 18.1 Å². The summed E-state index contributed by atoms with van der Waals surface area (Å²) in [5.41, 5.74) is 0.603. The molecule has 0 saturated carbocycles. The van der Waals surface area contributed by atoms with Crippen LogP contribution in [0.5, 0.6) is 0 Å². The number of carbonyl (C=O) groups is 1. The van der Waals surface area contributed by atoms with Gasteiger partial charge in [0.1, 0.15) is 23.1 Å². The average molecular weight is 361 g/mol. The van der Waals surface area contributed by atoms with E-state index in [9.17, 15) is 13.6 Å². The fourth-order valence-electron chi connectivity index (χ4n) is 1.97. The molecule has 3 aromatic rings. The van der Waals surface area contributed by atoms with E-state index in [1.54, 1.807) is 24.3 Å². The van der Waals surface area contributed by atoms with E-state index in [1.807, 2.05) is 0 Å². The first-order valence-corrected chi connectivity index (χ1v) is 7.50. The second-order valence-corrected chi connectivity index (χ2v) is 5.43. The van der Waals surface area contributed by atoms with E-state index in [-0.39, 0.29) is 11.4 Å². The van der Waals surface area contributed by atoms with Crippen LogP contribution in [0.15, 0.2) is 54.9 Å². The van der Waals surface area contributed by atoms with Gasteiger partial charge in [-0.3, -0.25) is 4.79 Å². The number of hydrogen-bond donors (Lipinski definition) is 2. The molecular formula is C17H11ClF2N4O. The van der Waals surface area contributed by atoms with Gasteiger partial charge >= 0.3 is 0 Å². The second kappa shape index (κ2) is 7.23. The molecule has 126 valence electrons. The maximum Gasteiger partial charge on any atom is 0.275 e. The molecule has 8 heteroatoms. The summed E-state index contributed by atoms with van der Waals surface area (Å²) in [5, 5.41) is 5.92. The molecule has 0 fully saturated rings. The molecular weight excluding hydrogens is 350 g/mol. The summed E-state index contributed by atoms with van der Waals surface area (Å²) in [6.07, 6.45) is 2.61. The third-order valence-electron chi connectivity index (χ3n) is 3.18. The van der Waals surface area contributed by atoms with Crippen LogP contribution >= 0.6 is 11.6 Å². The molecule has 0 saturated heterocycles. The van der Waals surface area contributed by atoms with Crippen molar-refractivity contribution in [2.75, 3.05) is 10.6 Å². The van der Waals surface area contributed by atoms with Crippen LogP contribution in [-0.2, 0) is 0 Å². The Labute approximate surface area is 146 Å². The third kappa shape index (κ3) is 4.27. The van der Waals surface area contributed by atoms with Crippen LogP contribution in [0.25, 0.3) is 0 Å². The zero-order chi connectivity index (χ0) is 17.8. The lowest BCUT2D eigenvalue weighted by Crippen LogP contribution is -2.15. The summed E-state index contributed by atoms with van der Waals surface area (Å²) in [5.74, 6) is -1.84. The van der Waals surface area contributed by atoms with Crippen molar-refractivity contribution in [3.05, 3.63) is 77.2 Å². The Morgan fingerprint density at radius 3 is 2.40 bits per heavy atom. The van der Waals surface area contributed by atoms with Gasteiger partial charge in [0, 0.05) is 16.8 Å². The van der Waals surface area contributed by atoms with Gasteiger partial charge in [-0.15, -0.1) is 0 Å². The smallest absolute Gasteiger partial charge is 0.275 e. The van der Waals surface area contributed by atoms with Gasteiger partial charge in [0.2, 0.25) is 0 Å². The largest absolute Gasteiger partial charge is 0.339 e. The number of nitrogens with one attached hydrogen (secondary N) is 2. The van der Waals surface area contributed by atoms with Crippen molar-refractivity contribution in [2.24, 2.45) is 0 Å². The number of benzene rings is 2. The Morgan fingerprint density at radius 1 is 1.00 bits per heavy atom. The molecule has 0 radical (unpaired) electrons. The first-order valence-electron chi connectivity index (χ1n) is 7.12. The van der Waals surface area contributed by atoms with Crippen molar-refractivity contribution in [1.29, 1.82) is 0 Å². The zero-order valence-electron chi connectivity index (χ0n) is 12.6. The van der Waals surface area contributed by atoms with Crippen molar-refractivity contribution >= 4 is 34.7 Å². The molecule has 1 aromatic heterocycles. The van der Waals surface area contributed by atoms with Gasteiger partial charge in [0.25, 0.3) is 5.91 Å². The normalized spacial score (nSPS) is 10.4. The molecule has 0 unspecified atom stereocenters. The minimum Gasteiger partial charge on any atom is -0.339 e. The predicted molar refractivity (Wildman–Crippen MR) is 91.1 cm³/mol. The van der Waals surface area contributed by atoms with Crippen LogP contribution in [0.3, 0.4) is 0 Å². The SMILES string of the molecule is O=C(Nc1ccc(F)cc1F)c1cnc(Nc2ccc(Cl)cc2)cn1. The summed E-state index contributed by atoms with van der Waals surface area (Å²) < 4.78 is 26.4. The molecule has 0 spiro atoms. The highest BCUT2D eigenvalue weighted by Gasteiger charge is 2.12. The van der Waals surface area contributed by atoms with Crippen LogP contribution in [0.2, 0.25) is 5.02 Å². The van der Waals surface area contributed by atoms with Gasteiger partial charge in [-0.25, -0.2) is 18.7 Å². The molecule has 1 heterocycles. The zero-order valence-corrected chi connectivity index (χ0v) is 13.4. The van der Waals surface area contributed by atoms with Gasteiger partial charge in [-0.2, -0.15) is 0 Å². The summed E-state index contributed by atoms with van der Waals surface area (Å²) in [6, 6.07) is 9.83. The Balaban J connectivity index is 1.68. The fraction of sp³-hybridized carbons (Fsp3) is 0. The molecule has 1 amide bonds. The van der Waals surface area contributed by atoms with Crippen molar-refractivity contribution in [2.45, 2.75) is 0 Å². The molecule has 5 nitrogen and oxygen atoms in total. The quantitative estimate of drug-likeness (QED) is 0.723. The van der Waals surface area contributed by atoms with E-state index < -0.39 is 17.5 Å². The molecule has 0 atom stereocenters. The Morgan fingerprint density at radius 2 is 1.76 bits per heavy atom. The minimum absolute atomic E-state index is 0.00891. The van der Waals surface area contributed by atoms with Gasteiger partial charge in [0.15, 0.2) is 0 Å². The van der Waals surface area contributed by atoms with Crippen molar-refractivity contribution in [1.82, 2.24) is 9.97 Å². The number of rotatable bonds is 4. The molecule has 0 aliphatic carbocycles. The standard InChI is InChI=1S/C17H11ClF2N4O/c18-10-1-4-12(5-2-10)23-16-9-21-15(8-22-16)17(25)24-14-6-3-11(19)7-13(14)20/h1-9H,(H,22,23)(H,24,25). The number of carbonyl (C=O) groups excluding carboxylic acids is 1. The third-order valence-corrected chi connectivity index (χ3v) is 3.43. The van der Waals surface area contributed by atoms with Gasteiger partial charge in [-0.05, 0) is 36.4 Å². The maximum atomic E-state index is 13.6. The molecule has 0 bridgehead atoms. The topological polar surface area (TPSA) is 66.9 Å². The summed E-state index contributed by atoms with van der Waals surface area (Å²) in [6.45, 7) is 0. The van der Waals surface area contributed by atoms with E-state index in [2.05, 4.69) is 20.6 Å². The summed E-state index contributed by atoms with van der Waals surface area (Å²) >= 11 is 5.81. The van der Waals surface area contributed by atoms with Gasteiger partial charge < -0.3 is 10.6 Å². The highest BCUT2D eigenvalue weighted by atomic mass is 35.5. The number of hydrogen-bond acceptors (Lipinski definition) is 4. The van der Waals surface area contributed by atoms with E-state index in [0.717, 1.165) is 17.8 Å². The lowest BCUT2D eigenvalue weighted by Gasteiger charge is -2.07. The molecule has 3 rings (SSSR count). The molecule has 0 aliphatic heterocycles. The van der Waals surface area contributed by atoms with Crippen LogP contribution in [0.4, 0.5) is 26.0 Å². The van der Waals surface area contributed by atoms with E-state index in [0.29, 0.717) is 16.9 Å². The lowest BCUT2D eigenvalue weighted by molar-refractivity contribution is 0.102. The first-order chi connectivity index (χ1) is 12.0. The fourth-order valence-corrected chi connectivity index (χ4v) is 2.09. The number of anilines is 3. The van der Waals surface area contributed by atoms with Crippen LogP contribution in [0, 0.1) is 11.6 Å². The maximum absolute atomic E-state index is 13.6. The average Bonchev–Trinajstić information content (AvgIpc) is 2.60.